The standard InChI is InChI=1S/C18H21N5O4S/c1-12-7-13(2)9-14(8-12)19-18(24)11-27-23-17-10-15(28(25,26)22(3)4)5-6-16(17)20-21-23/h5-10H,11H2,1-4H3,(H,19,24). The number of anilines is 1. The van der Waals surface area contributed by atoms with Gasteiger partial charge in [-0.25, -0.2) is 12.7 Å². The highest BCUT2D eigenvalue weighted by molar-refractivity contribution is 7.89. The van der Waals surface area contributed by atoms with Crippen LogP contribution in [0.1, 0.15) is 11.1 Å². The zero-order chi connectivity index (χ0) is 20.5. The lowest BCUT2D eigenvalue weighted by molar-refractivity contribution is -0.121. The highest BCUT2D eigenvalue weighted by Gasteiger charge is 2.19. The van der Waals surface area contributed by atoms with Gasteiger partial charge >= 0.3 is 0 Å². The lowest BCUT2D eigenvalue weighted by Crippen LogP contribution is -2.26. The molecule has 0 bridgehead atoms. The van der Waals surface area contributed by atoms with Crippen molar-refractivity contribution in [2.75, 3.05) is 26.0 Å². The van der Waals surface area contributed by atoms with Gasteiger partial charge in [-0.15, -0.1) is 5.10 Å². The number of nitrogens with zero attached hydrogens (tertiary/aromatic N) is 4. The van der Waals surface area contributed by atoms with Gasteiger partial charge < -0.3 is 10.2 Å². The van der Waals surface area contributed by atoms with Gasteiger partial charge in [0.15, 0.2) is 6.61 Å². The largest absolute Gasteiger partial charge is 0.385 e. The minimum Gasteiger partial charge on any atom is -0.385 e. The first kappa shape index (κ1) is 19.8. The van der Waals surface area contributed by atoms with Crippen LogP contribution in [0.4, 0.5) is 5.69 Å². The van der Waals surface area contributed by atoms with Crippen molar-refractivity contribution in [3.8, 4) is 0 Å². The maximum atomic E-state index is 12.3. The van der Waals surface area contributed by atoms with Crippen LogP contribution >= 0.6 is 0 Å². The first-order valence-corrected chi connectivity index (χ1v) is 9.90. The number of rotatable bonds is 6. The second kappa shape index (κ2) is 7.56. The molecule has 0 atom stereocenters. The predicted octanol–water partition coefficient (Wildman–Crippen LogP) is 1.37. The summed E-state index contributed by atoms with van der Waals surface area (Å²) in [6.07, 6.45) is 0. The van der Waals surface area contributed by atoms with Crippen LogP contribution < -0.4 is 10.2 Å². The summed E-state index contributed by atoms with van der Waals surface area (Å²) in [5, 5.41) is 10.5. The van der Waals surface area contributed by atoms with Gasteiger partial charge in [-0.2, -0.15) is 0 Å². The Morgan fingerprint density at radius 2 is 1.82 bits per heavy atom. The lowest BCUT2D eigenvalue weighted by Gasteiger charge is -2.11. The van der Waals surface area contributed by atoms with Gasteiger partial charge in [0.05, 0.1) is 4.90 Å². The molecule has 1 aromatic heterocycles. The molecule has 0 saturated carbocycles. The van der Waals surface area contributed by atoms with Gasteiger partial charge in [0.2, 0.25) is 10.0 Å². The molecule has 0 unspecified atom stereocenters. The number of hydrogen-bond acceptors (Lipinski definition) is 6. The summed E-state index contributed by atoms with van der Waals surface area (Å²) in [7, 11) is -0.719. The van der Waals surface area contributed by atoms with Gasteiger partial charge in [0.1, 0.15) is 11.0 Å². The zero-order valence-corrected chi connectivity index (χ0v) is 16.8. The summed E-state index contributed by atoms with van der Waals surface area (Å²) < 4.78 is 25.7. The number of sulfonamides is 1. The molecule has 9 nitrogen and oxygen atoms in total. The molecule has 1 heterocycles. The molecule has 0 aliphatic carbocycles. The van der Waals surface area contributed by atoms with Gasteiger partial charge in [0.25, 0.3) is 5.91 Å². The number of nitrogens with one attached hydrogen (secondary N) is 1. The molecule has 10 heteroatoms. The second-order valence-corrected chi connectivity index (χ2v) is 8.75. The molecule has 3 aromatic rings. The van der Waals surface area contributed by atoms with Crippen molar-refractivity contribution >= 4 is 32.7 Å². The smallest absolute Gasteiger partial charge is 0.265 e. The molecule has 0 fully saturated rings. The summed E-state index contributed by atoms with van der Waals surface area (Å²) >= 11 is 0. The Kier molecular flexibility index (Phi) is 5.34. The monoisotopic (exact) mass is 403 g/mol. The van der Waals surface area contributed by atoms with E-state index in [1.165, 1.54) is 32.3 Å². The van der Waals surface area contributed by atoms with E-state index in [2.05, 4.69) is 15.6 Å². The fourth-order valence-corrected chi connectivity index (χ4v) is 3.63. The maximum Gasteiger partial charge on any atom is 0.265 e. The fraction of sp³-hybridized carbons (Fsp3) is 0.278. The third kappa shape index (κ3) is 4.12. The Bertz CT molecular complexity index is 1120. The molecular weight excluding hydrogens is 382 g/mol. The maximum absolute atomic E-state index is 12.3. The van der Waals surface area contributed by atoms with E-state index in [-0.39, 0.29) is 17.4 Å². The summed E-state index contributed by atoms with van der Waals surface area (Å²) in [6, 6.07) is 10.1. The van der Waals surface area contributed by atoms with E-state index < -0.39 is 10.0 Å². The number of amides is 1. The van der Waals surface area contributed by atoms with Crippen molar-refractivity contribution in [3.05, 3.63) is 47.5 Å². The highest BCUT2D eigenvalue weighted by atomic mass is 32.2. The predicted molar refractivity (Wildman–Crippen MR) is 104 cm³/mol. The minimum atomic E-state index is -3.61. The molecule has 0 aliphatic rings. The second-order valence-electron chi connectivity index (χ2n) is 6.60. The Balaban J connectivity index is 1.76. The van der Waals surface area contributed by atoms with E-state index in [9.17, 15) is 13.2 Å². The number of fused-ring (bicyclic) bond motifs is 1. The Morgan fingerprint density at radius 1 is 1.14 bits per heavy atom. The van der Waals surface area contributed by atoms with E-state index in [0.717, 1.165) is 20.3 Å². The fourth-order valence-electron chi connectivity index (χ4n) is 2.71. The molecular formula is C18H21N5O4S. The van der Waals surface area contributed by atoms with Crippen LogP contribution in [-0.4, -0.2) is 54.5 Å². The third-order valence-corrected chi connectivity index (χ3v) is 5.80. The Morgan fingerprint density at radius 3 is 2.46 bits per heavy atom. The zero-order valence-electron chi connectivity index (χ0n) is 16.0. The van der Waals surface area contributed by atoms with Crippen molar-refractivity contribution in [3.63, 3.8) is 0 Å². The van der Waals surface area contributed by atoms with Crippen molar-refractivity contribution in [2.45, 2.75) is 18.7 Å². The minimum absolute atomic E-state index is 0.0804. The molecule has 0 radical (unpaired) electrons. The van der Waals surface area contributed by atoms with Gasteiger partial charge in [-0.1, -0.05) is 10.9 Å². The molecule has 0 saturated heterocycles. The lowest BCUT2D eigenvalue weighted by atomic mass is 10.1. The van der Waals surface area contributed by atoms with E-state index in [4.69, 9.17) is 4.84 Å². The van der Waals surface area contributed by atoms with Crippen molar-refractivity contribution < 1.29 is 18.0 Å². The van der Waals surface area contributed by atoms with Crippen molar-refractivity contribution in [1.29, 1.82) is 0 Å². The van der Waals surface area contributed by atoms with Gasteiger partial charge in [0, 0.05) is 19.8 Å². The molecule has 3 rings (SSSR count). The highest BCUT2D eigenvalue weighted by Crippen LogP contribution is 2.19. The van der Waals surface area contributed by atoms with E-state index in [1.807, 2.05) is 32.0 Å². The average molecular weight is 403 g/mol. The summed E-state index contributed by atoms with van der Waals surface area (Å²) in [5.41, 5.74) is 3.55. The van der Waals surface area contributed by atoms with Crippen molar-refractivity contribution in [2.24, 2.45) is 0 Å². The van der Waals surface area contributed by atoms with Crippen molar-refractivity contribution in [1.82, 2.24) is 19.5 Å². The van der Waals surface area contributed by atoms with Gasteiger partial charge in [-0.3, -0.25) is 4.79 Å². The van der Waals surface area contributed by atoms with Crippen LogP contribution in [-0.2, 0) is 14.8 Å². The van der Waals surface area contributed by atoms with E-state index in [1.54, 1.807) is 0 Å². The molecule has 2 aromatic carbocycles. The van der Waals surface area contributed by atoms with Crippen LogP contribution in [0, 0.1) is 13.8 Å². The molecule has 1 amide bonds. The Labute approximate surface area is 162 Å². The van der Waals surface area contributed by atoms with Gasteiger partial charge in [-0.05, 0) is 60.5 Å². The third-order valence-electron chi connectivity index (χ3n) is 3.99. The topological polar surface area (TPSA) is 106 Å². The molecule has 1 N–H and O–H groups in total. The van der Waals surface area contributed by atoms with Crippen LogP contribution in [0.25, 0.3) is 11.0 Å². The van der Waals surface area contributed by atoms with Crippen LogP contribution in [0.15, 0.2) is 41.3 Å². The molecule has 0 spiro atoms. The number of hydrogen-bond donors (Lipinski definition) is 1. The van der Waals surface area contributed by atoms with E-state index in [0.29, 0.717) is 16.7 Å². The van der Waals surface area contributed by atoms with Crippen LogP contribution in [0.2, 0.25) is 0 Å². The van der Waals surface area contributed by atoms with Crippen LogP contribution in [0.3, 0.4) is 0 Å². The number of carbonyl (C=O) groups excluding carboxylic acids is 1. The van der Waals surface area contributed by atoms with Crippen LogP contribution in [0.5, 0.6) is 0 Å². The number of aromatic nitrogens is 3. The number of benzene rings is 2. The number of carbonyl (C=O) groups is 1. The quantitative estimate of drug-likeness (QED) is 0.666. The molecule has 148 valence electrons. The average Bonchev–Trinajstić information content (AvgIpc) is 3.01. The summed E-state index contributed by atoms with van der Waals surface area (Å²) in [6.45, 7) is 3.58. The van der Waals surface area contributed by atoms with E-state index >= 15 is 0 Å². The summed E-state index contributed by atoms with van der Waals surface area (Å²) in [5.74, 6) is -0.370. The summed E-state index contributed by atoms with van der Waals surface area (Å²) in [4.78, 5) is 18.7. The SMILES string of the molecule is Cc1cc(C)cc(NC(=O)COn2nnc3ccc(S(=O)(=O)N(C)C)cc32)c1. The normalized spacial score (nSPS) is 11.8. The Hall–Kier alpha value is -2.98. The number of aryl methyl sites for hydroxylation is 2. The molecule has 0 aliphatic heterocycles. The first-order chi connectivity index (χ1) is 13.2. The first-order valence-electron chi connectivity index (χ1n) is 8.46. The molecule has 28 heavy (non-hydrogen) atoms.